The van der Waals surface area contributed by atoms with Gasteiger partial charge in [0.15, 0.2) is 4.80 Å². The smallest absolute Gasteiger partial charge is 0.338 e. The highest BCUT2D eigenvalue weighted by Gasteiger charge is 2.33. The molecule has 1 atom stereocenters. The quantitative estimate of drug-likeness (QED) is 0.414. The molecule has 0 amide bonds. The van der Waals surface area contributed by atoms with Gasteiger partial charge in [0, 0.05) is 6.08 Å². The molecule has 1 aliphatic rings. The van der Waals surface area contributed by atoms with Gasteiger partial charge in [-0.2, -0.15) is 0 Å². The van der Waals surface area contributed by atoms with Gasteiger partial charge in [0.25, 0.3) is 5.56 Å². The van der Waals surface area contributed by atoms with Crippen LogP contribution in [0.2, 0.25) is 0 Å². The van der Waals surface area contributed by atoms with E-state index in [0.717, 1.165) is 5.56 Å². The van der Waals surface area contributed by atoms with Crippen LogP contribution in [-0.4, -0.2) is 10.5 Å². The number of allylic oxidation sites excluding steroid dienone is 1. The number of thiazole rings is 1. The molecular formula is C26H19FN2O4S. The molecule has 0 saturated heterocycles. The summed E-state index contributed by atoms with van der Waals surface area (Å²) in [5, 5.41) is 0. The lowest BCUT2D eigenvalue weighted by Gasteiger charge is -2.24. The van der Waals surface area contributed by atoms with Crippen LogP contribution in [0.15, 0.2) is 98.5 Å². The first kappa shape index (κ1) is 21.8. The van der Waals surface area contributed by atoms with Crippen LogP contribution in [0.1, 0.15) is 29.9 Å². The number of aromatic nitrogens is 1. The Hall–Kier alpha value is -4.04. The maximum absolute atomic E-state index is 13.7. The van der Waals surface area contributed by atoms with Crippen molar-refractivity contribution >= 4 is 23.4 Å². The predicted molar refractivity (Wildman–Crippen MR) is 125 cm³/mol. The van der Waals surface area contributed by atoms with Gasteiger partial charge in [0.1, 0.15) is 18.2 Å². The summed E-state index contributed by atoms with van der Waals surface area (Å²) in [5.41, 5.74) is 1.77. The fourth-order valence-electron chi connectivity index (χ4n) is 3.85. The third kappa shape index (κ3) is 4.15. The van der Waals surface area contributed by atoms with Gasteiger partial charge >= 0.3 is 5.97 Å². The second-order valence-electron chi connectivity index (χ2n) is 7.71. The Morgan fingerprint density at radius 3 is 2.62 bits per heavy atom. The van der Waals surface area contributed by atoms with Crippen LogP contribution in [0.5, 0.6) is 0 Å². The largest absolute Gasteiger partial charge is 0.465 e. The van der Waals surface area contributed by atoms with Gasteiger partial charge in [0.2, 0.25) is 0 Å². The maximum Gasteiger partial charge on any atom is 0.338 e. The number of nitrogens with zero attached hydrogens (tertiary/aromatic N) is 2. The van der Waals surface area contributed by atoms with Crippen LogP contribution in [0.4, 0.5) is 4.39 Å². The maximum atomic E-state index is 13.7. The summed E-state index contributed by atoms with van der Waals surface area (Å²) in [4.78, 5) is 31.7. The lowest BCUT2D eigenvalue weighted by molar-refractivity contribution is -0.140. The highest BCUT2D eigenvalue weighted by molar-refractivity contribution is 7.07. The molecular weight excluding hydrogens is 455 g/mol. The molecule has 1 aliphatic heterocycles. The second-order valence-corrected chi connectivity index (χ2v) is 8.72. The summed E-state index contributed by atoms with van der Waals surface area (Å²) in [5.74, 6) is -0.468. The molecule has 0 radical (unpaired) electrons. The number of carbonyl (C=O) groups is 1. The third-order valence-electron chi connectivity index (χ3n) is 5.46. The minimum Gasteiger partial charge on any atom is -0.465 e. The fourth-order valence-corrected chi connectivity index (χ4v) is 4.87. The zero-order valence-electron chi connectivity index (χ0n) is 18.1. The van der Waals surface area contributed by atoms with Crippen LogP contribution in [0.25, 0.3) is 6.08 Å². The molecule has 0 bridgehead atoms. The van der Waals surface area contributed by atoms with Crippen molar-refractivity contribution in [3.63, 3.8) is 0 Å². The van der Waals surface area contributed by atoms with Gasteiger partial charge in [-0.15, -0.1) is 0 Å². The van der Waals surface area contributed by atoms with Crippen molar-refractivity contribution in [2.75, 3.05) is 0 Å². The zero-order valence-corrected chi connectivity index (χ0v) is 18.9. The first-order valence-electron chi connectivity index (χ1n) is 10.5. The summed E-state index contributed by atoms with van der Waals surface area (Å²) in [6.45, 7) is 1.79. The number of ether oxygens (including phenoxy) is 1. The molecule has 0 aliphatic carbocycles. The summed E-state index contributed by atoms with van der Waals surface area (Å²) in [6, 6.07) is 17.7. The van der Waals surface area contributed by atoms with E-state index in [1.165, 1.54) is 34.3 Å². The van der Waals surface area contributed by atoms with Crippen molar-refractivity contribution in [2.24, 2.45) is 4.99 Å². The first-order chi connectivity index (χ1) is 16.5. The van der Waals surface area contributed by atoms with E-state index >= 15 is 0 Å². The number of carbonyl (C=O) groups excluding carboxylic acids is 1. The molecule has 5 rings (SSSR count). The standard InChI is InChI=1S/C26H19FN2O4S/c1-16-22(25(31)33-15-17-6-3-2-4-7-17)23(18-9-11-19(27)12-10-18)29-24(30)21(34-26(29)28-16)14-20-8-5-13-32-20/h2-14,23H,15H2,1H3/b21-14+. The van der Waals surface area contributed by atoms with E-state index in [4.69, 9.17) is 9.15 Å². The van der Waals surface area contributed by atoms with Crippen LogP contribution in [0.3, 0.4) is 0 Å². The van der Waals surface area contributed by atoms with E-state index in [2.05, 4.69) is 4.99 Å². The van der Waals surface area contributed by atoms with Gasteiger partial charge in [-0.05, 0) is 42.3 Å². The molecule has 3 heterocycles. The van der Waals surface area contributed by atoms with Crippen molar-refractivity contribution in [3.05, 3.63) is 127 Å². The third-order valence-corrected chi connectivity index (χ3v) is 6.44. The number of benzene rings is 2. The highest BCUT2D eigenvalue weighted by Crippen LogP contribution is 2.31. The summed E-state index contributed by atoms with van der Waals surface area (Å²) < 4.78 is 26.5. The van der Waals surface area contributed by atoms with E-state index in [1.54, 1.807) is 37.3 Å². The fraction of sp³-hybridized carbons (Fsp3) is 0.115. The topological polar surface area (TPSA) is 73.8 Å². The monoisotopic (exact) mass is 474 g/mol. The molecule has 2 aromatic heterocycles. The molecule has 0 N–H and O–H groups in total. The van der Waals surface area contributed by atoms with Crippen molar-refractivity contribution < 1.29 is 18.3 Å². The molecule has 34 heavy (non-hydrogen) atoms. The van der Waals surface area contributed by atoms with Crippen LogP contribution in [0, 0.1) is 5.82 Å². The SMILES string of the molecule is CC1=C(C(=O)OCc2ccccc2)C(c2ccc(F)cc2)n2c(s/c(=C/c3ccco3)c2=O)=N1. The Morgan fingerprint density at radius 2 is 1.91 bits per heavy atom. The van der Waals surface area contributed by atoms with Gasteiger partial charge < -0.3 is 9.15 Å². The zero-order chi connectivity index (χ0) is 23.7. The second kappa shape index (κ2) is 9.07. The van der Waals surface area contributed by atoms with Crippen molar-refractivity contribution in [1.29, 1.82) is 0 Å². The van der Waals surface area contributed by atoms with Gasteiger partial charge in [0.05, 0.1) is 28.1 Å². The van der Waals surface area contributed by atoms with Gasteiger partial charge in [-0.1, -0.05) is 53.8 Å². The van der Waals surface area contributed by atoms with Crippen LogP contribution < -0.4 is 14.9 Å². The molecule has 1 unspecified atom stereocenters. The van der Waals surface area contributed by atoms with Gasteiger partial charge in [-0.25, -0.2) is 14.2 Å². The highest BCUT2D eigenvalue weighted by atomic mass is 32.1. The average molecular weight is 475 g/mol. The molecule has 0 saturated carbocycles. The van der Waals surface area contributed by atoms with E-state index in [-0.39, 0.29) is 17.7 Å². The summed E-state index contributed by atoms with van der Waals surface area (Å²) >= 11 is 1.20. The Balaban J connectivity index is 1.61. The Labute approximate surface area is 197 Å². The minimum absolute atomic E-state index is 0.0789. The number of rotatable bonds is 5. The molecule has 2 aromatic carbocycles. The van der Waals surface area contributed by atoms with Crippen LogP contribution in [-0.2, 0) is 16.1 Å². The van der Waals surface area contributed by atoms with E-state index in [1.807, 2.05) is 30.3 Å². The Morgan fingerprint density at radius 1 is 1.15 bits per heavy atom. The number of hydrogen-bond donors (Lipinski definition) is 0. The molecule has 8 heteroatoms. The van der Waals surface area contributed by atoms with Crippen molar-refractivity contribution in [3.8, 4) is 0 Å². The average Bonchev–Trinajstić information content (AvgIpc) is 3.46. The number of fused-ring (bicyclic) bond motifs is 1. The van der Waals surface area contributed by atoms with Crippen molar-refractivity contribution in [2.45, 2.75) is 19.6 Å². The lowest BCUT2D eigenvalue weighted by Crippen LogP contribution is -2.39. The van der Waals surface area contributed by atoms with E-state index in [0.29, 0.717) is 26.4 Å². The number of halogens is 1. The lowest BCUT2D eigenvalue weighted by atomic mass is 9.96. The van der Waals surface area contributed by atoms with Gasteiger partial charge in [-0.3, -0.25) is 9.36 Å². The molecule has 0 fully saturated rings. The number of furan rings is 1. The molecule has 0 spiro atoms. The first-order valence-corrected chi connectivity index (χ1v) is 11.4. The van der Waals surface area contributed by atoms with E-state index in [9.17, 15) is 14.0 Å². The van der Waals surface area contributed by atoms with Crippen molar-refractivity contribution in [1.82, 2.24) is 4.57 Å². The molecule has 170 valence electrons. The van der Waals surface area contributed by atoms with Crippen LogP contribution >= 0.6 is 11.3 Å². The Kier molecular flexibility index (Phi) is 5.81. The number of hydrogen-bond acceptors (Lipinski definition) is 6. The Bertz CT molecular complexity index is 1550. The predicted octanol–water partition coefficient (Wildman–Crippen LogP) is 3.71. The molecule has 4 aromatic rings. The number of esters is 1. The summed E-state index contributed by atoms with van der Waals surface area (Å²) in [6.07, 6.45) is 3.16. The van der Waals surface area contributed by atoms with E-state index < -0.39 is 17.8 Å². The summed E-state index contributed by atoms with van der Waals surface area (Å²) in [7, 11) is 0. The normalized spacial score (nSPS) is 15.7. The molecule has 6 nitrogen and oxygen atoms in total. The minimum atomic E-state index is -0.807.